The van der Waals surface area contributed by atoms with E-state index in [-0.39, 0.29) is 23.9 Å². The number of aromatic hydroxyl groups is 1. The molecule has 0 spiro atoms. The van der Waals surface area contributed by atoms with Crippen molar-refractivity contribution in [3.05, 3.63) is 46.3 Å². The molecule has 6 nitrogen and oxygen atoms in total. The molecule has 26 heavy (non-hydrogen) atoms. The number of ether oxygens (including phenoxy) is 1. The molecule has 8 heteroatoms. The van der Waals surface area contributed by atoms with Crippen molar-refractivity contribution in [2.45, 2.75) is 39.0 Å². The molecule has 3 aromatic rings. The monoisotopic (exact) mass is 376 g/mol. The van der Waals surface area contributed by atoms with Crippen LogP contribution in [0, 0.1) is 12.7 Å². The fraction of sp³-hybridized carbons (Fsp3) is 0.444. The van der Waals surface area contributed by atoms with Crippen molar-refractivity contribution >= 4 is 16.3 Å². The van der Waals surface area contributed by atoms with Gasteiger partial charge in [0.25, 0.3) is 0 Å². The van der Waals surface area contributed by atoms with Crippen LogP contribution in [-0.4, -0.2) is 49.9 Å². The predicted molar refractivity (Wildman–Crippen MR) is 97.1 cm³/mol. The van der Waals surface area contributed by atoms with Gasteiger partial charge in [-0.2, -0.15) is 4.52 Å². The second kappa shape index (κ2) is 6.61. The molecule has 1 aromatic carbocycles. The summed E-state index contributed by atoms with van der Waals surface area (Å²) >= 11 is 1.34. The van der Waals surface area contributed by atoms with Gasteiger partial charge in [-0.05, 0) is 26.8 Å². The average Bonchev–Trinajstić information content (AvgIpc) is 3.07. The minimum absolute atomic E-state index is 0.0191. The SMILES string of the molecule is Cc1nc2sc([C@@H](c3ccccc3F)N3C[C@@H](C)O[C@@H](C)C3)c(O)n2n1. The number of hydrogen-bond donors (Lipinski definition) is 1. The van der Waals surface area contributed by atoms with Crippen LogP contribution in [0.4, 0.5) is 4.39 Å². The van der Waals surface area contributed by atoms with Gasteiger partial charge in [0.2, 0.25) is 10.8 Å². The summed E-state index contributed by atoms with van der Waals surface area (Å²) in [5, 5.41) is 15.0. The van der Waals surface area contributed by atoms with Crippen molar-refractivity contribution in [1.29, 1.82) is 0 Å². The van der Waals surface area contributed by atoms with Crippen molar-refractivity contribution in [2.75, 3.05) is 13.1 Å². The molecule has 0 radical (unpaired) electrons. The van der Waals surface area contributed by atoms with E-state index in [1.54, 1.807) is 19.1 Å². The largest absolute Gasteiger partial charge is 0.492 e. The molecule has 0 amide bonds. The quantitative estimate of drug-likeness (QED) is 0.761. The number of nitrogens with zero attached hydrogens (tertiary/aromatic N) is 4. The van der Waals surface area contributed by atoms with Crippen LogP contribution in [0.2, 0.25) is 0 Å². The number of fused-ring (bicyclic) bond motifs is 1. The standard InChI is InChI=1S/C18H21FN4O2S/c1-10-8-22(9-11(2)25-10)15(13-6-4-5-7-14(13)19)16-17(24)23-18(26-16)20-12(3)21-23/h4-7,10-11,15,24H,8-9H2,1-3H3/t10-,11+,15-/m1/s1. The van der Waals surface area contributed by atoms with Crippen LogP contribution < -0.4 is 0 Å². The normalized spacial score (nSPS) is 22.8. The van der Waals surface area contributed by atoms with Crippen molar-refractivity contribution in [3.8, 4) is 5.88 Å². The molecule has 1 N–H and O–H groups in total. The Kier molecular flexibility index (Phi) is 4.42. The summed E-state index contributed by atoms with van der Waals surface area (Å²) in [6.07, 6.45) is 0.0548. The second-order valence-corrected chi connectivity index (χ2v) is 7.79. The highest BCUT2D eigenvalue weighted by molar-refractivity contribution is 7.17. The van der Waals surface area contributed by atoms with Gasteiger partial charge in [-0.15, -0.1) is 5.10 Å². The van der Waals surface area contributed by atoms with E-state index in [1.807, 2.05) is 19.9 Å². The molecule has 2 aromatic heterocycles. The van der Waals surface area contributed by atoms with E-state index >= 15 is 0 Å². The van der Waals surface area contributed by atoms with Crippen LogP contribution in [-0.2, 0) is 4.74 Å². The van der Waals surface area contributed by atoms with E-state index < -0.39 is 6.04 Å². The van der Waals surface area contributed by atoms with Crippen molar-refractivity contribution in [2.24, 2.45) is 0 Å². The second-order valence-electron chi connectivity index (χ2n) is 6.78. The van der Waals surface area contributed by atoms with Crippen molar-refractivity contribution in [3.63, 3.8) is 0 Å². The van der Waals surface area contributed by atoms with Crippen LogP contribution >= 0.6 is 11.3 Å². The third kappa shape index (κ3) is 2.98. The topological polar surface area (TPSA) is 62.9 Å². The molecule has 1 aliphatic rings. The summed E-state index contributed by atoms with van der Waals surface area (Å²) in [4.78, 5) is 7.75. The van der Waals surface area contributed by atoms with Gasteiger partial charge < -0.3 is 9.84 Å². The highest BCUT2D eigenvalue weighted by atomic mass is 32.1. The summed E-state index contributed by atoms with van der Waals surface area (Å²) in [5.41, 5.74) is 0.533. The third-order valence-corrected chi connectivity index (χ3v) is 5.64. The Balaban J connectivity index is 1.85. The summed E-state index contributed by atoms with van der Waals surface area (Å²) in [6, 6.07) is 6.29. The van der Waals surface area contributed by atoms with E-state index in [4.69, 9.17) is 4.74 Å². The van der Waals surface area contributed by atoms with Gasteiger partial charge in [-0.1, -0.05) is 29.5 Å². The average molecular weight is 376 g/mol. The molecule has 3 atom stereocenters. The molecule has 4 rings (SSSR count). The first-order valence-electron chi connectivity index (χ1n) is 8.63. The van der Waals surface area contributed by atoms with Gasteiger partial charge in [0, 0.05) is 18.7 Å². The van der Waals surface area contributed by atoms with Gasteiger partial charge in [0.15, 0.2) is 0 Å². The molecule has 1 aliphatic heterocycles. The minimum atomic E-state index is -0.418. The van der Waals surface area contributed by atoms with E-state index in [1.165, 1.54) is 21.9 Å². The third-order valence-electron chi connectivity index (χ3n) is 4.57. The number of morpholine rings is 1. The first-order valence-corrected chi connectivity index (χ1v) is 9.44. The summed E-state index contributed by atoms with van der Waals surface area (Å²) in [5.74, 6) is 0.318. The van der Waals surface area contributed by atoms with Crippen LogP contribution in [0.5, 0.6) is 5.88 Å². The molecule has 0 saturated carbocycles. The Morgan fingerprint density at radius 2 is 1.96 bits per heavy atom. The summed E-state index contributed by atoms with van der Waals surface area (Å²) in [6.45, 7) is 7.09. The molecular weight excluding hydrogens is 355 g/mol. The summed E-state index contributed by atoms with van der Waals surface area (Å²) < 4.78 is 21.9. The number of benzene rings is 1. The number of aromatic nitrogens is 3. The smallest absolute Gasteiger partial charge is 0.230 e. The zero-order valence-electron chi connectivity index (χ0n) is 14.9. The molecular formula is C18H21FN4O2S. The zero-order valence-corrected chi connectivity index (χ0v) is 15.7. The van der Waals surface area contributed by atoms with Gasteiger partial charge in [-0.3, -0.25) is 4.90 Å². The lowest BCUT2D eigenvalue weighted by Gasteiger charge is -2.40. The molecule has 1 saturated heterocycles. The lowest BCUT2D eigenvalue weighted by molar-refractivity contribution is -0.0767. The minimum Gasteiger partial charge on any atom is -0.492 e. The Morgan fingerprint density at radius 3 is 2.62 bits per heavy atom. The van der Waals surface area contributed by atoms with E-state index in [2.05, 4.69) is 15.0 Å². The Hall–Kier alpha value is -2.03. The highest BCUT2D eigenvalue weighted by Crippen LogP contribution is 2.41. The lowest BCUT2D eigenvalue weighted by Crippen LogP contribution is -2.47. The van der Waals surface area contributed by atoms with Crippen LogP contribution in [0.15, 0.2) is 24.3 Å². The fourth-order valence-corrected chi connectivity index (χ4v) is 4.81. The molecule has 138 valence electrons. The fourth-order valence-electron chi connectivity index (χ4n) is 3.66. The molecule has 0 unspecified atom stereocenters. The first-order chi connectivity index (χ1) is 12.4. The molecule has 3 heterocycles. The number of rotatable bonds is 3. The van der Waals surface area contributed by atoms with Gasteiger partial charge in [0.05, 0.1) is 23.1 Å². The maximum Gasteiger partial charge on any atom is 0.230 e. The number of hydrogen-bond acceptors (Lipinski definition) is 6. The Morgan fingerprint density at radius 1 is 1.27 bits per heavy atom. The van der Waals surface area contributed by atoms with E-state index in [0.29, 0.717) is 34.3 Å². The van der Waals surface area contributed by atoms with Gasteiger partial charge in [-0.25, -0.2) is 9.37 Å². The maximum absolute atomic E-state index is 14.7. The number of thiazole rings is 1. The highest BCUT2D eigenvalue weighted by Gasteiger charge is 2.35. The molecule has 0 aliphatic carbocycles. The van der Waals surface area contributed by atoms with Gasteiger partial charge >= 0.3 is 0 Å². The van der Waals surface area contributed by atoms with E-state index in [0.717, 1.165) is 0 Å². The summed E-state index contributed by atoms with van der Waals surface area (Å²) in [7, 11) is 0. The van der Waals surface area contributed by atoms with Crippen molar-refractivity contribution in [1.82, 2.24) is 19.5 Å². The maximum atomic E-state index is 14.7. The molecule has 1 fully saturated rings. The number of aryl methyl sites for hydroxylation is 1. The number of halogens is 1. The zero-order chi connectivity index (χ0) is 18.4. The van der Waals surface area contributed by atoms with E-state index in [9.17, 15) is 9.50 Å². The first kappa shape index (κ1) is 17.4. The predicted octanol–water partition coefficient (Wildman–Crippen LogP) is 3.14. The Labute approximate surface area is 154 Å². The molecule has 0 bridgehead atoms. The van der Waals surface area contributed by atoms with Crippen LogP contribution in [0.1, 0.15) is 36.2 Å². The van der Waals surface area contributed by atoms with Crippen molar-refractivity contribution < 1.29 is 14.2 Å². The van der Waals surface area contributed by atoms with Crippen LogP contribution in [0.25, 0.3) is 4.96 Å². The van der Waals surface area contributed by atoms with Gasteiger partial charge in [0.1, 0.15) is 11.6 Å². The Bertz CT molecular complexity index is 931. The lowest BCUT2D eigenvalue weighted by atomic mass is 10.0. The van der Waals surface area contributed by atoms with Crippen LogP contribution in [0.3, 0.4) is 0 Å².